The molecule has 1 amide bonds. The molecule has 3 aromatic carbocycles. The third-order valence-electron chi connectivity index (χ3n) is 4.20. The molecule has 3 nitrogen and oxygen atoms in total. The van der Waals surface area contributed by atoms with Crippen molar-refractivity contribution in [1.82, 2.24) is 5.32 Å². The van der Waals surface area contributed by atoms with Crippen LogP contribution in [0.2, 0.25) is 0 Å². The summed E-state index contributed by atoms with van der Waals surface area (Å²) in [5.74, 6) is -0.797. The van der Waals surface area contributed by atoms with Gasteiger partial charge in [-0.1, -0.05) is 60.2 Å². The molecule has 1 N–H and O–H groups in total. The molecule has 0 aliphatic rings. The first kappa shape index (κ1) is 17.7. The molecule has 0 aliphatic carbocycles. The van der Waals surface area contributed by atoms with Crippen LogP contribution in [-0.2, 0) is 0 Å². The largest absolute Gasteiger partial charge is 0.494 e. The lowest BCUT2D eigenvalue weighted by molar-refractivity contribution is 0.0942. The first-order chi connectivity index (χ1) is 12.6. The molecule has 0 fully saturated rings. The van der Waals surface area contributed by atoms with Crippen LogP contribution in [-0.4, -0.2) is 13.0 Å². The summed E-state index contributed by atoms with van der Waals surface area (Å²) in [6.07, 6.45) is 0. The van der Waals surface area contributed by atoms with Gasteiger partial charge in [0.05, 0.1) is 13.2 Å². The molecule has 0 saturated heterocycles. The fourth-order valence-electron chi connectivity index (χ4n) is 2.88. The Morgan fingerprint density at radius 3 is 2.35 bits per heavy atom. The number of carbonyl (C=O) groups is 1. The number of amides is 1. The van der Waals surface area contributed by atoms with Crippen LogP contribution in [0.3, 0.4) is 0 Å². The lowest BCUT2D eigenvalue weighted by Gasteiger charge is -2.20. The standard InChI is InChI=1S/C22H20FNO2/c1-15-7-6-10-17(13-15)21(16-8-4-3-5-9-16)24-22(25)18-11-12-20(26-2)19(23)14-18/h3-14,21H,1-2H3,(H,24,25)/t21-/m1/s1. The van der Waals surface area contributed by atoms with E-state index in [0.717, 1.165) is 16.7 Å². The first-order valence-corrected chi connectivity index (χ1v) is 8.34. The summed E-state index contributed by atoms with van der Waals surface area (Å²) in [4.78, 5) is 12.7. The predicted octanol–water partition coefficient (Wildman–Crippen LogP) is 4.66. The topological polar surface area (TPSA) is 38.3 Å². The third kappa shape index (κ3) is 3.91. The third-order valence-corrected chi connectivity index (χ3v) is 4.20. The van der Waals surface area contributed by atoms with Crippen molar-refractivity contribution < 1.29 is 13.9 Å². The number of nitrogens with one attached hydrogen (secondary N) is 1. The highest BCUT2D eigenvalue weighted by Crippen LogP contribution is 2.24. The van der Waals surface area contributed by atoms with E-state index >= 15 is 0 Å². The van der Waals surface area contributed by atoms with E-state index in [2.05, 4.69) is 5.32 Å². The smallest absolute Gasteiger partial charge is 0.252 e. The molecule has 0 spiro atoms. The Morgan fingerprint density at radius 2 is 1.69 bits per heavy atom. The number of benzene rings is 3. The normalized spacial score (nSPS) is 11.7. The van der Waals surface area contributed by atoms with Crippen LogP contribution < -0.4 is 10.1 Å². The Bertz CT molecular complexity index is 909. The van der Waals surface area contributed by atoms with Gasteiger partial charge in [0.15, 0.2) is 11.6 Å². The predicted molar refractivity (Wildman–Crippen MR) is 99.9 cm³/mol. The maximum atomic E-state index is 13.9. The number of carbonyl (C=O) groups excluding carboxylic acids is 1. The van der Waals surface area contributed by atoms with Crippen molar-refractivity contribution in [3.63, 3.8) is 0 Å². The molecule has 0 aromatic heterocycles. The second-order valence-electron chi connectivity index (χ2n) is 6.08. The molecule has 0 saturated carbocycles. The fourth-order valence-corrected chi connectivity index (χ4v) is 2.88. The van der Waals surface area contributed by atoms with Gasteiger partial charge in [0, 0.05) is 5.56 Å². The molecule has 4 heteroatoms. The Hall–Kier alpha value is -3.14. The van der Waals surface area contributed by atoms with Crippen LogP contribution in [0.15, 0.2) is 72.8 Å². The molecule has 1 atom stereocenters. The van der Waals surface area contributed by atoms with E-state index in [0.29, 0.717) is 0 Å². The summed E-state index contributed by atoms with van der Waals surface area (Å²) in [7, 11) is 1.39. The average molecular weight is 349 g/mol. The SMILES string of the molecule is COc1ccc(C(=O)N[C@H](c2ccccc2)c2cccc(C)c2)cc1F. The number of halogens is 1. The summed E-state index contributed by atoms with van der Waals surface area (Å²) >= 11 is 0. The van der Waals surface area contributed by atoms with E-state index in [4.69, 9.17) is 4.74 Å². The van der Waals surface area contributed by atoms with Gasteiger partial charge in [-0.3, -0.25) is 4.79 Å². The zero-order valence-corrected chi connectivity index (χ0v) is 14.7. The highest BCUT2D eigenvalue weighted by molar-refractivity contribution is 5.94. The minimum absolute atomic E-state index is 0.111. The summed E-state index contributed by atoms with van der Waals surface area (Å²) in [5.41, 5.74) is 3.28. The highest BCUT2D eigenvalue weighted by Gasteiger charge is 2.19. The molecule has 0 heterocycles. The molecular formula is C22H20FNO2. The number of aryl methyl sites for hydroxylation is 1. The van der Waals surface area contributed by atoms with Gasteiger partial charge in [0.1, 0.15) is 0 Å². The lowest BCUT2D eigenvalue weighted by atomic mass is 9.97. The van der Waals surface area contributed by atoms with Crippen molar-refractivity contribution in [3.05, 3.63) is 101 Å². The van der Waals surface area contributed by atoms with E-state index in [1.54, 1.807) is 6.07 Å². The van der Waals surface area contributed by atoms with E-state index in [9.17, 15) is 9.18 Å². The van der Waals surface area contributed by atoms with Gasteiger partial charge >= 0.3 is 0 Å². The molecule has 3 aromatic rings. The average Bonchev–Trinajstić information content (AvgIpc) is 2.66. The Balaban J connectivity index is 1.93. The van der Waals surface area contributed by atoms with Crippen molar-refractivity contribution >= 4 is 5.91 Å². The second kappa shape index (κ2) is 7.83. The van der Waals surface area contributed by atoms with Gasteiger partial charge < -0.3 is 10.1 Å². The van der Waals surface area contributed by atoms with Gasteiger partial charge in [0.25, 0.3) is 5.91 Å². The zero-order valence-electron chi connectivity index (χ0n) is 14.7. The summed E-state index contributed by atoms with van der Waals surface area (Å²) in [6.45, 7) is 2.01. The van der Waals surface area contributed by atoms with Crippen LogP contribution in [0.4, 0.5) is 4.39 Å². The minimum Gasteiger partial charge on any atom is -0.494 e. The number of rotatable bonds is 5. The van der Waals surface area contributed by atoms with E-state index in [1.807, 2.05) is 61.5 Å². The van der Waals surface area contributed by atoms with Crippen LogP contribution >= 0.6 is 0 Å². The Kier molecular flexibility index (Phi) is 5.32. The van der Waals surface area contributed by atoms with Gasteiger partial charge in [-0.15, -0.1) is 0 Å². The fraction of sp³-hybridized carbons (Fsp3) is 0.136. The molecular weight excluding hydrogens is 329 g/mol. The lowest BCUT2D eigenvalue weighted by Crippen LogP contribution is -2.29. The van der Waals surface area contributed by atoms with Crippen LogP contribution in [0, 0.1) is 12.7 Å². The molecule has 0 unspecified atom stereocenters. The first-order valence-electron chi connectivity index (χ1n) is 8.34. The van der Waals surface area contributed by atoms with Crippen molar-refractivity contribution in [2.24, 2.45) is 0 Å². The van der Waals surface area contributed by atoms with Crippen LogP contribution in [0.1, 0.15) is 33.1 Å². The summed E-state index contributed by atoms with van der Waals surface area (Å²) in [5, 5.41) is 3.01. The Morgan fingerprint density at radius 1 is 0.962 bits per heavy atom. The Labute approximate surface area is 152 Å². The molecule has 26 heavy (non-hydrogen) atoms. The summed E-state index contributed by atoms with van der Waals surface area (Å²) in [6, 6.07) is 21.5. The monoisotopic (exact) mass is 349 g/mol. The molecule has 0 bridgehead atoms. The van der Waals surface area contributed by atoms with Crippen LogP contribution in [0.25, 0.3) is 0 Å². The minimum atomic E-state index is -0.563. The van der Waals surface area contributed by atoms with Crippen LogP contribution in [0.5, 0.6) is 5.75 Å². The molecule has 0 aliphatic heterocycles. The van der Waals surface area contributed by atoms with Gasteiger partial charge in [-0.25, -0.2) is 4.39 Å². The second-order valence-corrected chi connectivity index (χ2v) is 6.08. The summed E-state index contributed by atoms with van der Waals surface area (Å²) < 4.78 is 18.8. The molecule has 132 valence electrons. The number of hydrogen-bond acceptors (Lipinski definition) is 2. The number of ether oxygens (including phenoxy) is 1. The van der Waals surface area contributed by atoms with Gasteiger partial charge in [-0.2, -0.15) is 0 Å². The molecule has 3 rings (SSSR count). The zero-order chi connectivity index (χ0) is 18.5. The van der Waals surface area contributed by atoms with E-state index < -0.39 is 5.82 Å². The quantitative estimate of drug-likeness (QED) is 0.727. The van der Waals surface area contributed by atoms with Gasteiger partial charge in [-0.05, 0) is 36.2 Å². The van der Waals surface area contributed by atoms with Crippen molar-refractivity contribution in [1.29, 1.82) is 0 Å². The maximum absolute atomic E-state index is 13.9. The van der Waals surface area contributed by atoms with E-state index in [1.165, 1.54) is 19.2 Å². The van der Waals surface area contributed by atoms with Crippen molar-refractivity contribution in [2.45, 2.75) is 13.0 Å². The maximum Gasteiger partial charge on any atom is 0.252 e. The van der Waals surface area contributed by atoms with Gasteiger partial charge in [0.2, 0.25) is 0 Å². The van der Waals surface area contributed by atoms with E-state index in [-0.39, 0.29) is 23.3 Å². The molecule has 0 radical (unpaired) electrons. The van der Waals surface area contributed by atoms with Crippen molar-refractivity contribution in [3.8, 4) is 5.75 Å². The van der Waals surface area contributed by atoms with Crippen molar-refractivity contribution in [2.75, 3.05) is 7.11 Å². The number of methoxy groups -OCH3 is 1. The number of hydrogen-bond donors (Lipinski definition) is 1. The highest BCUT2D eigenvalue weighted by atomic mass is 19.1.